The predicted octanol–water partition coefficient (Wildman–Crippen LogP) is 5.43. The van der Waals surface area contributed by atoms with Gasteiger partial charge in [0, 0.05) is 28.7 Å². The highest BCUT2D eigenvalue weighted by molar-refractivity contribution is 9.10. The largest absolute Gasteiger partial charge is 0.281 e. The van der Waals surface area contributed by atoms with Crippen molar-refractivity contribution in [3.05, 3.63) is 95.0 Å². The molecule has 3 rings (SSSR count). The molecule has 0 fully saturated rings. The Morgan fingerprint density at radius 3 is 1.90 bits per heavy atom. The number of carbonyl (C=O) groups is 2. The Morgan fingerprint density at radius 2 is 1.37 bits per heavy atom. The Balaban J connectivity index is 1.63. The Kier molecular flexibility index (Phi) is 7.51. The number of nitrogens with zero attached hydrogens (tertiary/aromatic N) is 2. The minimum absolute atomic E-state index is 0.0477. The lowest BCUT2D eigenvalue weighted by molar-refractivity contribution is -0.124. The van der Waals surface area contributed by atoms with Gasteiger partial charge in [0.25, 0.3) is 0 Å². The van der Waals surface area contributed by atoms with Crippen LogP contribution in [0.2, 0.25) is 0 Å². The van der Waals surface area contributed by atoms with Crippen molar-refractivity contribution in [1.82, 2.24) is 5.43 Å². The fraction of sp³-hybridized carbons (Fsp3) is 0.125. The van der Waals surface area contributed by atoms with Gasteiger partial charge in [-0.25, -0.2) is 5.43 Å². The van der Waals surface area contributed by atoms with Crippen LogP contribution in [0.5, 0.6) is 0 Å². The molecule has 0 aromatic heterocycles. The Bertz CT molecular complexity index is 980. The van der Waals surface area contributed by atoms with Crippen LogP contribution in [0.25, 0.3) is 0 Å². The molecule has 6 heteroatoms. The highest BCUT2D eigenvalue weighted by Gasteiger charge is 2.18. The van der Waals surface area contributed by atoms with Gasteiger partial charge in [-0.15, -0.1) is 0 Å². The molecule has 0 saturated heterocycles. The molecule has 0 bridgehead atoms. The average Bonchev–Trinajstić information content (AvgIpc) is 2.78. The van der Waals surface area contributed by atoms with E-state index in [0.29, 0.717) is 5.71 Å². The molecule has 152 valence electrons. The molecule has 5 nitrogen and oxygen atoms in total. The maximum absolute atomic E-state index is 12.9. The third-order valence-electron chi connectivity index (χ3n) is 4.45. The van der Waals surface area contributed by atoms with Gasteiger partial charge in [0.15, 0.2) is 0 Å². The smallest absolute Gasteiger partial charge is 0.240 e. The van der Waals surface area contributed by atoms with Crippen molar-refractivity contribution >= 4 is 44.8 Å². The van der Waals surface area contributed by atoms with Gasteiger partial charge in [-0.2, -0.15) is 5.10 Å². The zero-order valence-corrected chi connectivity index (χ0v) is 18.2. The van der Waals surface area contributed by atoms with Crippen LogP contribution in [0.15, 0.2) is 94.5 Å². The van der Waals surface area contributed by atoms with Crippen molar-refractivity contribution in [3.63, 3.8) is 0 Å². The molecule has 0 unspecified atom stereocenters. The maximum Gasteiger partial charge on any atom is 0.240 e. The van der Waals surface area contributed by atoms with E-state index in [2.05, 4.69) is 26.5 Å². The average molecular weight is 464 g/mol. The van der Waals surface area contributed by atoms with Crippen LogP contribution in [0, 0.1) is 0 Å². The number of hydrogen-bond donors (Lipinski definition) is 1. The minimum atomic E-state index is -0.305. The predicted molar refractivity (Wildman–Crippen MR) is 124 cm³/mol. The summed E-state index contributed by atoms with van der Waals surface area (Å²) >= 11 is 3.39. The quantitative estimate of drug-likeness (QED) is 0.374. The summed E-state index contributed by atoms with van der Waals surface area (Å²) in [7, 11) is 0. The van der Waals surface area contributed by atoms with Crippen molar-refractivity contribution in [2.45, 2.75) is 19.8 Å². The first-order valence-electron chi connectivity index (χ1n) is 9.57. The molecular formula is C24H22BrN3O2. The third-order valence-corrected chi connectivity index (χ3v) is 4.98. The fourth-order valence-corrected chi connectivity index (χ4v) is 3.15. The lowest BCUT2D eigenvalue weighted by Crippen LogP contribution is -2.28. The molecule has 0 saturated carbocycles. The van der Waals surface area contributed by atoms with Gasteiger partial charge in [0.1, 0.15) is 0 Å². The van der Waals surface area contributed by atoms with Crippen LogP contribution in [0.3, 0.4) is 0 Å². The summed E-state index contributed by atoms with van der Waals surface area (Å²) in [5, 5.41) is 4.14. The fourth-order valence-electron chi connectivity index (χ4n) is 2.88. The molecule has 1 N–H and O–H groups in total. The van der Waals surface area contributed by atoms with E-state index < -0.39 is 0 Å². The van der Waals surface area contributed by atoms with Gasteiger partial charge < -0.3 is 0 Å². The van der Waals surface area contributed by atoms with Crippen LogP contribution in [0.4, 0.5) is 11.4 Å². The second-order valence-corrected chi connectivity index (χ2v) is 7.56. The topological polar surface area (TPSA) is 61.8 Å². The van der Waals surface area contributed by atoms with Gasteiger partial charge in [0.05, 0.1) is 5.71 Å². The second-order valence-electron chi connectivity index (χ2n) is 6.64. The molecule has 0 radical (unpaired) electrons. The maximum atomic E-state index is 12.9. The number of anilines is 2. The summed E-state index contributed by atoms with van der Waals surface area (Å²) < 4.78 is 0.975. The number of para-hydroxylation sites is 2. The van der Waals surface area contributed by atoms with Crippen molar-refractivity contribution in [3.8, 4) is 0 Å². The SMILES string of the molecule is C/C(=N/NC(=O)CCC(=O)N(c1ccccc1)c1ccccc1)c1ccc(Br)cc1. The van der Waals surface area contributed by atoms with Gasteiger partial charge in [-0.1, -0.05) is 64.5 Å². The third kappa shape index (κ3) is 5.87. The number of benzene rings is 3. The number of halogens is 1. The molecule has 0 aliphatic rings. The van der Waals surface area contributed by atoms with Crippen LogP contribution < -0.4 is 10.3 Å². The normalized spacial score (nSPS) is 11.1. The number of hydrazone groups is 1. The number of nitrogens with one attached hydrogen (secondary N) is 1. The van der Waals surface area contributed by atoms with Gasteiger partial charge in [0.2, 0.25) is 11.8 Å². The van der Waals surface area contributed by atoms with E-state index in [1.807, 2.05) is 91.9 Å². The Morgan fingerprint density at radius 1 is 0.833 bits per heavy atom. The first-order chi connectivity index (χ1) is 14.5. The molecule has 3 aromatic carbocycles. The zero-order valence-electron chi connectivity index (χ0n) is 16.6. The summed E-state index contributed by atoms with van der Waals surface area (Å²) in [6.07, 6.45) is 0.120. The molecule has 0 spiro atoms. The summed E-state index contributed by atoms with van der Waals surface area (Å²) in [5.74, 6) is -0.461. The summed E-state index contributed by atoms with van der Waals surface area (Å²) in [5.41, 5.74) is 5.66. The standard InChI is InChI=1S/C24H22BrN3O2/c1-18(19-12-14-20(25)15-13-19)26-27-23(29)16-17-24(30)28(21-8-4-2-5-9-21)22-10-6-3-7-11-22/h2-15H,16-17H2,1H3,(H,27,29)/b26-18-. The van der Waals surface area contributed by atoms with Crippen molar-refractivity contribution in [1.29, 1.82) is 0 Å². The molecule has 0 aliphatic carbocycles. The Labute approximate surface area is 184 Å². The molecule has 3 aromatic rings. The monoisotopic (exact) mass is 463 g/mol. The molecule has 30 heavy (non-hydrogen) atoms. The number of rotatable bonds is 7. The molecule has 0 atom stereocenters. The summed E-state index contributed by atoms with van der Waals surface area (Å²) in [4.78, 5) is 26.8. The zero-order chi connectivity index (χ0) is 21.3. The number of carbonyl (C=O) groups excluding carboxylic acids is 2. The van der Waals surface area contributed by atoms with Crippen LogP contribution >= 0.6 is 15.9 Å². The van der Waals surface area contributed by atoms with E-state index in [0.717, 1.165) is 21.4 Å². The Hall–Kier alpha value is -3.25. The van der Waals surface area contributed by atoms with E-state index in [9.17, 15) is 9.59 Å². The van der Waals surface area contributed by atoms with Gasteiger partial charge in [-0.05, 0) is 48.9 Å². The lowest BCUT2D eigenvalue weighted by atomic mass is 10.1. The van der Waals surface area contributed by atoms with Crippen molar-refractivity contribution in [2.24, 2.45) is 5.10 Å². The molecule has 0 heterocycles. The first kappa shape index (κ1) is 21.5. The van der Waals surface area contributed by atoms with Crippen LogP contribution in [-0.2, 0) is 9.59 Å². The second kappa shape index (κ2) is 10.5. The van der Waals surface area contributed by atoms with Gasteiger partial charge >= 0.3 is 0 Å². The van der Waals surface area contributed by atoms with Crippen LogP contribution in [-0.4, -0.2) is 17.5 Å². The summed E-state index contributed by atoms with van der Waals surface area (Å²) in [6.45, 7) is 1.82. The lowest BCUT2D eigenvalue weighted by Gasteiger charge is -2.23. The molecule has 0 aliphatic heterocycles. The van der Waals surface area contributed by atoms with E-state index in [-0.39, 0.29) is 24.7 Å². The van der Waals surface area contributed by atoms with Crippen molar-refractivity contribution < 1.29 is 9.59 Å². The number of hydrogen-bond acceptors (Lipinski definition) is 3. The van der Waals surface area contributed by atoms with E-state index >= 15 is 0 Å². The number of amides is 2. The van der Waals surface area contributed by atoms with Crippen LogP contribution in [0.1, 0.15) is 25.3 Å². The van der Waals surface area contributed by atoms with Gasteiger partial charge in [-0.3, -0.25) is 14.5 Å². The summed E-state index contributed by atoms with van der Waals surface area (Å²) in [6, 6.07) is 26.5. The van der Waals surface area contributed by atoms with E-state index in [4.69, 9.17) is 0 Å². The molecule has 2 amide bonds. The highest BCUT2D eigenvalue weighted by Crippen LogP contribution is 2.26. The molecular weight excluding hydrogens is 442 g/mol. The van der Waals surface area contributed by atoms with E-state index in [1.165, 1.54) is 0 Å². The minimum Gasteiger partial charge on any atom is -0.281 e. The highest BCUT2D eigenvalue weighted by atomic mass is 79.9. The van der Waals surface area contributed by atoms with Crippen molar-refractivity contribution in [2.75, 3.05) is 4.90 Å². The first-order valence-corrected chi connectivity index (χ1v) is 10.4. The van der Waals surface area contributed by atoms with E-state index in [1.54, 1.807) is 4.90 Å².